The molecular weight excluding hydrogens is 248 g/mol. The fraction of sp³-hybridized carbons (Fsp3) is 0.222. The molecule has 3 aromatic rings. The fourth-order valence-electron chi connectivity index (χ4n) is 4.02. The highest BCUT2D eigenvalue weighted by atomic mass is 16.7. The lowest BCUT2D eigenvalue weighted by molar-refractivity contribution is 0.305. The van der Waals surface area contributed by atoms with Gasteiger partial charge in [0.2, 0.25) is 0 Å². The van der Waals surface area contributed by atoms with Gasteiger partial charge in [0.25, 0.3) is 0 Å². The van der Waals surface area contributed by atoms with Crippen molar-refractivity contribution in [3.63, 3.8) is 0 Å². The van der Waals surface area contributed by atoms with Crippen molar-refractivity contribution < 1.29 is 9.47 Å². The lowest BCUT2D eigenvalue weighted by atomic mass is 9.83. The van der Waals surface area contributed by atoms with Crippen LogP contribution in [-0.4, -0.2) is 12.2 Å². The quantitative estimate of drug-likeness (QED) is 0.452. The predicted octanol–water partition coefficient (Wildman–Crippen LogP) is 3.89. The zero-order valence-electron chi connectivity index (χ0n) is 10.7. The molecule has 0 saturated carbocycles. The number of epoxide rings is 2. The molecule has 96 valence electrons. The summed E-state index contributed by atoms with van der Waals surface area (Å²) >= 11 is 0. The molecule has 4 unspecified atom stereocenters. The van der Waals surface area contributed by atoms with Gasteiger partial charge < -0.3 is 9.47 Å². The van der Waals surface area contributed by atoms with Gasteiger partial charge in [-0.3, -0.25) is 0 Å². The third-order valence-electron chi connectivity index (χ3n) is 4.96. The third kappa shape index (κ3) is 1.02. The van der Waals surface area contributed by atoms with Crippen LogP contribution in [0.15, 0.2) is 48.5 Å². The van der Waals surface area contributed by atoms with Crippen molar-refractivity contribution in [3.8, 4) is 0 Å². The second kappa shape index (κ2) is 3.05. The maximum absolute atomic E-state index is 5.89. The minimum atomic E-state index is 0.253. The zero-order chi connectivity index (χ0) is 12.8. The average Bonchev–Trinajstić information content (AvgIpc) is 3.36. The van der Waals surface area contributed by atoms with Crippen LogP contribution in [0.25, 0.3) is 21.5 Å². The average molecular weight is 260 g/mol. The molecule has 6 rings (SSSR count). The Kier molecular flexibility index (Phi) is 1.51. The van der Waals surface area contributed by atoms with E-state index in [-0.39, 0.29) is 12.2 Å². The van der Waals surface area contributed by atoms with Gasteiger partial charge in [-0.25, -0.2) is 0 Å². The van der Waals surface area contributed by atoms with E-state index in [1.54, 1.807) is 0 Å². The number of benzene rings is 3. The molecule has 3 aromatic carbocycles. The summed E-state index contributed by atoms with van der Waals surface area (Å²) in [5, 5.41) is 5.33. The number of hydrogen-bond donors (Lipinski definition) is 0. The lowest BCUT2D eigenvalue weighted by Crippen LogP contribution is -2.09. The summed E-state index contributed by atoms with van der Waals surface area (Å²) in [5.74, 6) is 0. The van der Waals surface area contributed by atoms with E-state index in [9.17, 15) is 0 Å². The summed E-state index contributed by atoms with van der Waals surface area (Å²) < 4.78 is 11.8. The van der Waals surface area contributed by atoms with Gasteiger partial charge in [0.05, 0.1) is 0 Å². The number of ether oxygens (including phenoxy) is 2. The first-order valence-electron chi connectivity index (χ1n) is 7.17. The number of rotatable bonds is 0. The van der Waals surface area contributed by atoms with Gasteiger partial charge >= 0.3 is 0 Å². The van der Waals surface area contributed by atoms with Crippen LogP contribution < -0.4 is 0 Å². The summed E-state index contributed by atoms with van der Waals surface area (Å²) in [6.45, 7) is 0. The molecular formula is C18H12O2. The second-order valence-electron chi connectivity index (χ2n) is 5.96. The van der Waals surface area contributed by atoms with Crippen LogP contribution >= 0.6 is 0 Å². The molecule has 2 aliphatic heterocycles. The van der Waals surface area contributed by atoms with Gasteiger partial charge in [-0.05, 0) is 32.7 Å². The monoisotopic (exact) mass is 260 g/mol. The van der Waals surface area contributed by atoms with Crippen molar-refractivity contribution in [3.05, 3.63) is 59.7 Å². The van der Waals surface area contributed by atoms with Crippen molar-refractivity contribution in [2.75, 3.05) is 0 Å². The Labute approximate surface area is 115 Å². The van der Waals surface area contributed by atoms with Gasteiger partial charge in [-0.2, -0.15) is 0 Å². The van der Waals surface area contributed by atoms with Crippen molar-refractivity contribution in [1.29, 1.82) is 0 Å². The van der Waals surface area contributed by atoms with Crippen molar-refractivity contribution in [1.82, 2.24) is 0 Å². The molecule has 2 heterocycles. The van der Waals surface area contributed by atoms with Crippen LogP contribution in [0.5, 0.6) is 0 Å². The molecule has 0 spiro atoms. The van der Waals surface area contributed by atoms with Crippen LogP contribution in [0.1, 0.15) is 23.3 Å². The molecule has 0 aromatic heterocycles. The van der Waals surface area contributed by atoms with Crippen LogP contribution in [0.4, 0.5) is 0 Å². The highest BCUT2D eigenvalue weighted by Crippen LogP contribution is 2.63. The molecule has 2 heteroatoms. The first-order chi connectivity index (χ1) is 9.93. The van der Waals surface area contributed by atoms with E-state index in [1.807, 2.05) is 0 Å². The van der Waals surface area contributed by atoms with Crippen LogP contribution in [0.3, 0.4) is 0 Å². The van der Waals surface area contributed by atoms with Crippen LogP contribution in [0, 0.1) is 0 Å². The Morgan fingerprint density at radius 1 is 0.550 bits per heavy atom. The maximum Gasteiger partial charge on any atom is 0.118 e. The molecule has 1 aliphatic carbocycles. The van der Waals surface area contributed by atoms with Gasteiger partial charge in [0, 0.05) is 0 Å². The normalized spacial score (nSPS) is 32.6. The number of hydrogen-bond acceptors (Lipinski definition) is 2. The van der Waals surface area contributed by atoms with Crippen LogP contribution in [0.2, 0.25) is 0 Å². The van der Waals surface area contributed by atoms with Crippen LogP contribution in [-0.2, 0) is 9.47 Å². The largest absolute Gasteiger partial charge is 0.362 e. The SMILES string of the molecule is c1ccc2c(c1)c1c(c3ccccc32)C2OC2C2OC12. The van der Waals surface area contributed by atoms with Crippen molar-refractivity contribution in [2.24, 2.45) is 0 Å². The molecule has 2 fully saturated rings. The highest BCUT2D eigenvalue weighted by Gasteiger charge is 2.64. The standard InChI is InChI=1S/C18H12O2/c1-3-7-11-9(5-1)10-6-2-4-8-12(10)14-13(11)15-17(19-15)18-16(14)20-18/h1-8,15-18H. The zero-order valence-corrected chi connectivity index (χ0v) is 10.7. The van der Waals surface area contributed by atoms with Gasteiger partial charge in [0.15, 0.2) is 0 Å². The Bertz CT molecular complexity index is 824. The first-order valence-corrected chi connectivity index (χ1v) is 7.17. The Morgan fingerprint density at radius 3 is 1.40 bits per heavy atom. The molecule has 3 aliphatic rings. The van der Waals surface area contributed by atoms with E-state index in [2.05, 4.69) is 48.5 Å². The van der Waals surface area contributed by atoms with Gasteiger partial charge in [0.1, 0.15) is 24.4 Å². The second-order valence-corrected chi connectivity index (χ2v) is 5.96. The Hall–Kier alpha value is -1.90. The maximum atomic E-state index is 5.89. The molecule has 0 bridgehead atoms. The van der Waals surface area contributed by atoms with Gasteiger partial charge in [-0.15, -0.1) is 0 Å². The lowest BCUT2D eigenvalue weighted by Gasteiger charge is -2.16. The van der Waals surface area contributed by atoms with Crippen molar-refractivity contribution >= 4 is 21.5 Å². The topological polar surface area (TPSA) is 25.1 Å². The van der Waals surface area contributed by atoms with E-state index in [0.29, 0.717) is 12.2 Å². The minimum Gasteiger partial charge on any atom is -0.362 e. The summed E-state index contributed by atoms with van der Waals surface area (Å²) in [5.41, 5.74) is 2.76. The molecule has 2 saturated heterocycles. The number of fused-ring (bicyclic) bond motifs is 11. The fourth-order valence-corrected chi connectivity index (χ4v) is 4.02. The predicted molar refractivity (Wildman–Crippen MR) is 76.7 cm³/mol. The molecule has 0 N–H and O–H groups in total. The van der Waals surface area contributed by atoms with E-state index >= 15 is 0 Å². The van der Waals surface area contributed by atoms with E-state index in [1.165, 1.54) is 32.7 Å². The molecule has 2 nitrogen and oxygen atoms in total. The summed E-state index contributed by atoms with van der Waals surface area (Å²) in [4.78, 5) is 0. The van der Waals surface area contributed by atoms with E-state index in [4.69, 9.17) is 9.47 Å². The summed E-state index contributed by atoms with van der Waals surface area (Å²) in [7, 11) is 0. The van der Waals surface area contributed by atoms with E-state index in [0.717, 1.165) is 0 Å². The van der Waals surface area contributed by atoms with Gasteiger partial charge in [-0.1, -0.05) is 48.5 Å². The van der Waals surface area contributed by atoms with E-state index < -0.39 is 0 Å². The third-order valence-corrected chi connectivity index (χ3v) is 4.96. The Morgan fingerprint density at radius 2 is 0.950 bits per heavy atom. The molecule has 20 heavy (non-hydrogen) atoms. The molecule has 0 radical (unpaired) electrons. The first kappa shape index (κ1) is 9.92. The molecule has 0 amide bonds. The minimum absolute atomic E-state index is 0.253. The molecule has 4 atom stereocenters. The highest BCUT2D eigenvalue weighted by molar-refractivity contribution is 6.11. The Balaban J connectivity index is 1.90. The summed E-state index contributed by atoms with van der Waals surface area (Å²) in [6.07, 6.45) is 1.11. The smallest absolute Gasteiger partial charge is 0.118 e. The summed E-state index contributed by atoms with van der Waals surface area (Å²) in [6, 6.07) is 17.4. The van der Waals surface area contributed by atoms with Crippen molar-refractivity contribution in [2.45, 2.75) is 24.4 Å².